The fourth-order valence-corrected chi connectivity index (χ4v) is 5.02. The lowest BCUT2D eigenvalue weighted by molar-refractivity contribution is -0.129. The van der Waals surface area contributed by atoms with E-state index >= 15 is 0 Å². The molecule has 1 aliphatic rings. The number of halogens is 2. The first-order valence-electron chi connectivity index (χ1n) is 12.2. The average molecular weight is 554 g/mol. The summed E-state index contributed by atoms with van der Waals surface area (Å²) in [4.78, 5) is 42.4. The van der Waals surface area contributed by atoms with Gasteiger partial charge in [-0.15, -0.1) is 0 Å². The van der Waals surface area contributed by atoms with E-state index in [9.17, 15) is 14.4 Å². The number of carbonyl (C=O) groups is 3. The Morgan fingerprint density at radius 1 is 1.03 bits per heavy atom. The molecule has 1 N–H and O–H groups in total. The van der Waals surface area contributed by atoms with Crippen LogP contribution in [0.25, 0.3) is 0 Å². The fourth-order valence-electron chi connectivity index (χ4n) is 4.62. The van der Waals surface area contributed by atoms with Crippen molar-refractivity contribution in [3.8, 4) is 5.75 Å². The molecule has 0 bridgehead atoms. The van der Waals surface area contributed by atoms with Crippen molar-refractivity contribution in [2.75, 3.05) is 38.0 Å². The van der Waals surface area contributed by atoms with Crippen molar-refractivity contribution in [3.63, 3.8) is 0 Å². The van der Waals surface area contributed by atoms with Crippen LogP contribution in [0.4, 0.5) is 11.4 Å². The normalized spacial score (nSPS) is 14.8. The summed E-state index contributed by atoms with van der Waals surface area (Å²) < 4.78 is 5.55. The van der Waals surface area contributed by atoms with E-state index in [1.807, 2.05) is 12.1 Å². The van der Waals surface area contributed by atoms with E-state index in [2.05, 4.69) is 5.32 Å². The Kier molecular flexibility index (Phi) is 8.59. The van der Waals surface area contributed by atoms with Gasteiger partial charge >= 0.3 is 0 Å². The van der Waals surface area contributed by atoms with Crippen molar-refractivity contribution in [2.24, 2.45) is 0 Å². The van der Waals surface area contributed by atoms with Crippen LogP contribution >= 0.6 is 23.2 Å². The molecule has 3 aromatic rings. The summed E-state index contributed by atoms with van der Waals surface area (Å²) >= 11 is 12.5. The van der Waals surface area contributed by atoms with Gasteiger partial charge in [0.1, 0.15) is 5.75 Å². The SMILES string of the molecule is COc1cc(NC(=O)c2ccccc2Cl)ccc1C(=O)N1CCCC(CC(=O)N(C)C)c2cc(Cl)ccc21. The predicted molar refractivity (Wildman–Crippen MR) is 151 cm³/mol. The third kappa shape index (κ3) is 5.95. The molecule has 0 spiro atoms. The van der Waals surface area contributed by atoms with Crippen molar-refractivity contribution in [1.29, 1.82) is 0 Å². The number of hydrogen-bond acceptors (Lipinski definition) is 4. The molecule has 0 aromatic heterocycles. The molecule has 0 saturated carbocycles. The minimum Gasteiger partial charge on any atom is -0.496 e. The lowest BCUT2D eigenvalue weighted by atomic mass is 9.90. The van der Waals surface area contributed by atoms with E-state index in [1.54, 1.807) is 72.4 Å². The highest BCUT2D eigenvalue weighted by molar-refractivity contribution is 6.34. The van der Waals surface area contributed by atoms with Gasteiger partial charge in [-0.25, -0.2) is 0 Å². The van der Waals surface area contributed by atoms with Gasteiger partial charge in [-0.1, -0.05) is 35.3 Å². The maximum Gasteiger partial charge on any atom is 0.262 e. The molecule has 0 fully saturated rings. The molecule has 1 aliphatic heterocycles. The number of amides is 3. The third-order valence-corrected chi connectivity index (χ3v) is 7.19. The minimum absolute atomic E-state index is 0.0248. The van der Waals surface area contributed by atoms with E-state index in [0.29, 0.717) is 45.6 Å². The molecule has 3 amide bonds. The van der Waals surface area contributed by atoms with Crippen LogP contribution < -0.4 is 15.0 Å². The summed E-state index contributed by atoms with van der Waals surface area (Å²) in [6, 6.07) is 17.1. The second-order valence-electron chi connectivity index (χ2n) is 9.34. The van der Waals surface area contributed by atoms with Gasteiger partial charge in [0, 0.05) is 49.5 Å². The van der Waals surface area contributed by atoms with Crippen molar-refractivity contribution in [2.45, 2.75) is 25.2 Å². The summed E-state index contributed by atoms with van der Waals surface area (Å²) in [7, 11) is 4.95. The summed E-state index contributed by atoms with van der Waals surface area (Å²) in [6.07, 6.45) is 1.81. The molecule has 9 heteroatoms. The predicted octanol–water partition coefficient (Wildman–Crippen LogP) is 6.26. The monoisotopic (exact) mass is 553 g/mol. The van der Waals surface area contributed by atoms with Gasteiger partial charge in [-0.3, -0.25) is 14.4 Å². The smallest absolute Gasteiger partial charge is 0.262 e. The number of hydrogen-bond donors (Lipinski definition) is 1. The first-order valence-corrected chi connectivity index (χ1v) is 13.0. The Morgan fingerprint density at radius 3 is 2.50 bits per heavy atom. The lowest BCUT2D eigenvalue weighted by Gasteiger charge is -2.25. The highest BCUT2D eigenvalue weighted by Gasteiger charge is 2.30. The summed E-state index contributed by atoms with van der Waals surface area (Å²) in [6.45, 7) is 0.480. The van der Waals surface area contributed by atoms with Crippen molar-refractivity contribution >= 4 is 52.3 Å². The maximum atomic E-state index is 13.8. The zero-order chi connectivity index (χ0) is 27.4. The van der Waals surface area contributed by atoms with Crippen LogP contribution in [-0.4, -0.2) is 50.4 Å². The van der Waals surface area contributed by atoms with Crippen LogP contribution in [-0.2, 0) is 4.79 Å². The molecular formula is C29H29Cl2N3O4. The van der Waals surface area contributed by atoms with E-state index < -0.39 is 0 Å². The molecule has 0 radical (unpaired) electrons. The molecule has 38 heavy (non-hydrogen) atoms. The zero-order valence-corrected chi connectivity index (χ0v) is 23.0. The Hall–Kier alpha value is -3.55. The largest absolute Gasteiger partial charge is 0.496 e. The summed E-state index contributed by atoms with van der Waals surface area (Å²) in [5.74, 6) is -0.314. The van der Waals surface area contributed by atoms with Crippen molar-refractivity contribution in [1.82, 2.24) is 4.90 Å². The quantitative estimate of drug-likeness (QED) is 0.391. The zero-order valence-electron chi connectivity index (χ0n) is 21.5. The van der Waals surface area contributed by atoms with E-state index in [0.717, 1.165) is 24.1 Å². The fraction of sp³-hybridized carbons (Fsp3) is 0.276. The van der Waals surface area contributed by atoms with Gasteiger partial charge in [0.05, 0.1) is 23.3 Å². The van der Waals surface area contributed by atoms with Crippen LogP contribution in [0.5, 0.6) is 5.75 Å². The molecule has 3 aromatic carbocycles. The standard InChI is InChI=1S/C29H29Cl2N3O4/c1-33(2)27(35)15-18-7-6-14-34(25-13-10-19(30)16-23(18)25)29(37)22-12-11-20(17-26(22)38-3)32-28(36)21-8-4-5-9-24(21)31/h4-5,8-13,16-18H,6-7,14-15H2,1-3H3,(H,32,36). The second-order valence-corrected chi connectivity index (χ2v) is 10.2. The molecule has 1 heterocycles. The average Bonchev–Trinajstić information content (AvgIpc) is 3.07. The maximum absolute atomic E-state index is 13.8. The van der Waals surface area contributed by atoms with Gasteiger partial charge in [-0.05, 0) is 66.8 Å². The highest BCUT2D eigenvalue weighted by Crippen LogP contribution is 2.39. The Bertz CT molecular complexity index is 1380. The van der Waals surface area contributed by atoms with E-state index in [4.69, 9.17) is 27.9 Å². The van der Waals surface area contributed by atoms with Crippen LogP contribution in [0, 0.1) is 0 Å². The van der Waals surface area contributed by atoms with E-state index in [-0.39, 0.29) is 23.6 Å². The number of rotatable bonds is 6. The molecule has 0 saturated heterocycles. The van der Waals surface area contributed by atoms with Gasteiger partial charge in [0.25, 0.3) is 11.8 Å². The number of anilines is 2. The van der Waals surface area contributed by atoms with Gasteiger partial charge in [0.2, 0.25) is 5.91 Å². The highest BCUT2D eigenvalue weighted by atomic mass is 35.5. The molecule has 198 valence electrons. The van der Waals surface area contributed by atoms with Crippen LogP contribution in [0.15, 0.2) is 60.7 Å². The Morgan fingerprint density at radius 2 is 1.79 bits per heavy atom. The van der Waals surface area contributed by atoms with Gasteiger partial charge in [-0.2, -0.15) is 0 Å². The third-order valence-electron chi connectivity index (χ3n) is 6.63. The summed E-state index contributed by atoms with van der Waals surface area (Å²) in [5, 5.41) is 3.70. The van der Waals surface area contributed by atoms with Crippen molar-refractivity contribution < 1.29 is 19.1 Å². The molecule has 1 unspecified atom stereocenters. The van der Waals surface area contributed by atoms with Gasteiger partial charge < -0.3 is 19.9 Å². The number of ether oxygens (including phenoxy) is 1. The van der Waals surface area contributed by atoms with E-state index in [1.165, 1.54) is 7.11 Å². The number of nitrogens with zero attached hydrogens (tertiary/aromatic N) is 2. The van der Waals surface area contributed by atoms with Crippen molar-refractivity contribution in [3.05, 3.63) is 87.4 Å². The summed E-state index contributed by atoms with van der Waals surface area (Å²) in [5.41, 5.74) is 2.77. The number of benzene rings is 3. The Balaban J connectivity index is 1.63. The molecule has 4 rings (SSSR count). The molecular weight excluding hydrogens is 525 g/mol. The number of fused-ring (bicyclic) bond motifs is 1. The number of carbonyl (C=O) groups excluding carboxylic acids is 3. The first kappa shape index (κ1) is 27.5. The van der Waals surface area contributed by atoms with Crippen LogP contribution in [0.1, 0.15) is 51.5 Å². The second kappa shape index (κ2) is 11.9. The molecule has 1 atom stereocenters. The molecule has 0 aliphatic carbocycles. The Labute approximate surface area is 232 Å². The molecule has 7 nitrogen and oxygen atoms in total. The lowest BCUT2D eigenvalue weighted by Crippen LogP contribution is -2.32. The van der Waals surface area contributed by atoms with Gasteiger partial charge in [0.15, 0.2) is 0 Å². The van der Waals surface area contributed by atoms with Crippen LogP contribution in [0.2, 0.25) is 10.0 Å². The number of methoxy groups -OCH3 is 1. The topological polar surface area (TPSA) is 79.0 Å². The first-order chi connectivity index (χ1) is 18.2. The van der Waals surface area contributed by atoms with Crippen LogP contribution in [0.3, 0.4) is 0 Å². The number of nitrogens with one attached hydrogen (secondary N) is 1. The minimum atomic E-state index is -0.367.